The zero-order chi connectivity index (χ0) is 13.1. The molecule has 1 amide bonds. The largest absolute Gasteiger partial charge is 0.365 e. The van der Waals surface area contributed by atoms with E-state index in [2.05, 4.69) is 26.2 Å². The topological polar surface area (TPSA) is 54.5 Å². The number of carbonyl (C=O) groups is 1. The van der Waals surface area contributed by atoms with E-state index in [0.717, 1.165) is 4.47 Å². The molecule has 1 unspecified atom stereocenters. The number of amides is 1. The molecule has 0 radical (unpaired) electrons. The first-order chi connectivity index (χ1) is 8.61. The van der Waals surface area contributed by atoms with Crippen LogP contribution in [-0.4, -0.2) is 43.7 Å². The summed E-state index contributed by atoms with van der Waals surface area (Å²) in [5.74, 6) is 0.546. The first kappa shape index (κ1) is 13.6. The Kier molecular flexibility index (Phi) is 4.42. The summed E-state index contributed by atoms with van der Waals surface area (Å²) < 4.78 is 6.24. The third kappa shape index (κ3) is 2.93. The summed E-state index contributed by atoms with van der Waals surface area (Å²) in [5.41, 5.74) is 0. The molecule has 1 aromatic rings. The number of pyridine rings is 1. The molecule has 1 saturated heterocycles. The van der Waals surface area contributed by atoms with Crippen LogP contribution in [0.5, 0.6) is 0 Å². The van der Waals surface area contributed by atoms with E-state index < -0.39 is 6.10 Å². The van der Waals surface area contributed by atoms with Gasteiger partial charge in [-0.15, -0.1) is 0 Å². The molecule has 0 aliphatic carbocycles. The minimum Gasteiger partial charge on any atom is -0.365 e. The van der Waals surface area contributed by atoms with E-state index in [0.29, 0.717) is 30.5 Å². The van der Waals surface area contributed by atoms with Gasteiger partial charge in [-0.2, -0.15) is 0 Å². The van der Waals surface area contributed by atoms with Gasteiger partial charge in [0, 0.05) is 24.3 Å². The van der Waals surface area contributed by atoms with Crippen molar-refractivity contribution >= 4 is 39.3 Å². The highest BCUT2D eigenvalue weighted by Crippen LogP contribution is 2.27. The molecule has 1 fully saturated rings. The molecule has 18 heavy (non-hydrogen) atoms. The Morgan fingerprint density at radius 1 is 1.72 bits per heavy atom. The zero-order valence-corrected chi connectivity index (χ0v) is 12.2. The lowest BCUT2D eigenvalue weighted by molar-refractivity contribution is -0.132. The van der Waals surface area contributed by atoms with Crippen LogP contribution in [0.2, 0.25) is 5.02 Å². The van der Waals surface area contributed by atoms with Gasteiger partial charge in [0.1, 0.15) is 5.82 Å². The summed E-state index contributed by atoms with van der Waals surface area (Å²) in [6.07, 6.45) is 1.20. The molecule has 0 spiro atoms. The highest BCUT2D eigenvalue weighted by molar-refractivity contribution is 9.10. The number of carbonyl (C=O) groups excluding carboxylic acids is 1. The van der Waals surface area contributed by atoms with Crippen LogP contribution < -0.4 is 10.2 Å². The number of nitrogens with zero attached hydrogens (tertiary/aromatic N) is 2. The number of rotatable bonds is 2. The van der Waals surface area contributed by atoms with Gasteiger partial charge in [-0.05, 0) is 22.0 Å². The molecule has 98 valence electrons. The van der Waals surface area contributed by atoms with Crippen molar-refractivity contribution in [3.05, 3.63) is 21.8 Å². The van der Waals surface area contributed by atoms with Crippen LogP contribution in [0.25, 0.3) is 0 Å². The predicted octanol–water partition coefficient (Wildman–Crippen LogP) is 1.45. The molecular weight excluding hydrogens is 321 g/mol. The standard InChI is InChI=1S/C11H13BrClN3O2/c1-14-11(17)9-6-16(2-3-18-9)10-8(13)4-7(12)5-15-10/h4-5,9H,2-3,6H2,1H3,(H,14,17). The average Bonchev–Trinajstić information content (AvgIpc) is 2.38. The summed E-state index contributed by atoms with van der Waals surface area (Å²) in [7, 11) is 1.59. The van der Waals surface area contributed by atoms with Crippen molar-refractivity contribution in [2.45, 2.75) is 6.10 Å². The molecule has 2 heterocycles. The Balaban J connectivity index is 2.15. The van der Waals surface area contributed by atoms with Gasteiger partial charge in [-0.25, -0.2) is 4.98 Å². The Bertz CT molecular complexity index is 458. The summed E-state index contributed by atoms with van der Waals surface area (Å²) in [6.45, 7) is 1.60. The van der Waals surface area contributed by atoms with Crippen LogP contribution in [0, 0.1) is 0 Å². The summed E-state index contributed by atoms with van der Waals surface area (Å²) in [6, 6.07) is 1.79. The second-order valence-corrected chi connectivity index (χ2v) is 5.20. The maximum absolute atomic E-state index is 11.6. The number of hydrogen-bond donors (Lipinski definition) is 1. The first-order valence-corrected chi connectivity index (χ1v) is 6.68. The van der Waals surface area contributed by atoms with Crippen molar-refractivity contribution in [1.29, 1.82) is 0 Å². The summed E-state index contributed by atoms with van der Waals surface area (Å²) in [4.78, 5) is 17.8. The molecule has 2 rings (SSSR count). The van der Waals surface area contributed by atoms with E-state index in [-0.39, 0.29) is 5.91 Å². The minimum absolute atomic E-state index is 0.132. The molecule has 1 aromatic heterocycles. The molecule has 1 aliphatic heterocycles. The number of hydrogen-bond acceptors (Lipinski definition) is 4. The molecule has 0 aromatic carbocycles. The molecule has 0 saturated carbocycles. The van der Waals surface area contributed by atoms with E-state index in [1.54, 1.807) is 19.3 Å². The number of anilines is 1. The molecule has 7 heteroatoms. The van der Waals surface area contributed by atoms with E-state index in [4.69, 9.17) is 16.3 Å². The van der Waals surface area contributed by atoms with Gasteiger partial charge in [0.05, 0.1) is 18.2 Å². The SMILES string of the molecule is CNC(=O)C1CN(c2ncc(Br)cc2Cl)CCO1. The third-order valence-electron chi connectivity index (χ3n) is 2.69. The van der Waals surface area contributed by atoms with E-state index >= 15 is 0 Å². The number of aromatic nitrogens is 1. The van der Waals surface area contributed by atoms with Crippen molar-refractivity contribution in [2.24, 2.45) is 0 Å². The number of likely N-dealkylation sites (N-methyl/N-ethyl adjacent to an activating group) is 1. The number of ether oxygens (including phenoxy) is 1. The Hall–Kier alpha value is -0.850. The minimum atomic E-state index is -0.481. The van der Waals surface area contributed by atoms with Crippen LogP contribution in [0.4, 0.5) is 5.82 Å². The fourth-order valence-corrected chi connectivity index (χ4v) is 2.55. The van der Waals surface area contributed by atoms with Crippen molar-refractivity contribution in [2.75, 3.05) is 31.6 Å². The maximum atomic E-state index is 11.6. The van der Waals surface area contributed by atoms with Crippen LogP contribution in [-0.2, 0) is 9.53 Å². The maximum Gasteiger partial charge on any atom is 0.250 e. The van der Waals surface area contributed by atoms with Gasteiger partial charge in [0.2, 0.25) is 0 Å². The van der Waals surface area contributed by atoms with Gasteiger partial charge in [0.25, 0.3) is 5.91 Å². The zero-order valence-electron chi connectivity index (χ0n) is 9.82. The van der Waals surface area contributed by atoms with E-state index in [9.17, 15) is 4.79 Å². The van der Waals surface area contributed by atoms with Crippen molar-refractivity contribution in [1.82, 2.24) is 10.3 Å². The summed E-state index contributed by atoms with van der Waals surface area (Å²) >= 11 is 9.46. The average molecular weight is 335 g/mol. The van der Waals surface area contributed by atoms with Gasteiger partial charge < -0.3 is 15.0 Å². The fourth-order valence-electron chi connectivity index (χ4n) is 1.80. The molecule has 1 atom stereocenters. The molecular formula is C11H13BrClN3O2. The highest BCUT2D eigenvalue weighted by atomic mass is 79.9. The Labute approximate surface area is 119 Å². The number of nitrogens with one attached hydrogen (secondary N) is 1. The van der Waals surface area contributed by atoms with Crippen LogP contribution in [0.1, 0.15) is 0 Å². The second kappa shape index (κ2) is 5.86. The fraction of sp³-hybridized carbons (Fsp3) is 0.455. The van der Waals surface area contributed by atoms with Crippen LogP contribution in [0.15, 0.2) is 16.7 Å². The molecule has 1 aliphatic rings. The van der Waals surface area contributed by atoms with Gasteiger partial charge in [0.15, 0.2) is 6.10 Å². The molecule has 1 N–H and O–H groups in total. The van der Waals surface area contributed by atoms with Crippen molar-refractivity contribution in [3.63, 3.8) is 0 Å². The summed E-state index contributed by atoms with van der Waals surface area (Å²) in [5, 5.41) is 3.14. The van der Waals surface area contributed by atoms with Crippen molar-refractivity contribution in [3.8, 4) is 0 Å². The van der Waals surface area contributed by atoms with Gasteiger partial charge in [-0.1, -0.05) is 11.6 Å². The van der Waals surface area contributed by atoms with Gasteiger partial charge in [-0.3, -0.25) is 4.79 Å². The Morgan fingerprint density at radius 2 is 2.50 bits per heavy atom. The van der Waals surface area contributed by atoms with Gasteiger partial charge >= 0.3 is 0 Å². The lowest BCUT2D eigenvalue weighted by Gasteiger charge is -2.33. The number of halogens is 2. The lowest BCUT2D eigenvalue weighted by atomic mass is 10.2. The monoisotopic (exact) mass is 333 g/mol. The molecule has 5 nitrogen and oxygen atoms in total. The van der Waals surface area contributed by atoms with E-state index in [1.165, 1.54) is 0 Å². The number of morpholine rings is 1. The third-order valence-corrected chi connectivity index (χ3v) is 3.41. The van der Waals surface area contributed by atoms with Crippen molar-refractivity contribution < 1.29 is 9.53 Å². The van der Waals surface area contributed by atoms with E-state index in [1.807, 2.05) is 4.90 Å². The highest BCUT2D eigenvalue weighted by Gasteiger charge is 2.27. The smallest absolute Gasteiger partial charge is 0.250 e. The van der Waals surface area contributed by atoms with Crippen LogP contribution >= 0.6 is 27.5 Å². The Morgan fingerprint density at radius 3 is 3.17 bits per heavy atom. The predicted molar refractivity (Wildman–Crippen MR) is 73.0 cm³/mol. The first-order valence-electron chi connectivity index (χ1n) is 5.51. The lowest BCUT2D eigenvalue weighted by Crippen LogP contribution is -2.49. The quantitative estimate of drug-likeness (QED) is 0.889. The molecule has 0 bridgehead atoms. The normalized spacial score (nSPS) is 19.7. The second-order valence-electron chi connectivity index (χ2n) is 3.88. The van der Waals surface area contributed by atoms with Crippen LogP contribution in [0.3, 0.4) is 0 Å².